The number of unbranched alkanes of at least 4 members (excludes halogenated alkanes) is 1. The fourth-order valence-corrected chi connectivity index (χ4v) is 3.02. The monoisotopic (exact) mass is 366 g/mol. The molecule has 1 fully saturated rings. The number of methoxy groups -OCH3 is 2. The van der Waals surface area contributed by atoms with Crippen LogP contribution in [0.15, 0.2) is 12.1 Å². The Labute approximate surface area is 155 Å². The topological polar surface area (TPSA) is 59.5 Å². The zero-order valence-corrected chi connectivity index (χ0v) is 16.0. The second kappa shape index (κ2) is 8.94. The zero-order chi connectivity index (χ0) is 16.9. The lowest BCUT2D eigenvalue weighted by Gasteiger charge is -2.18. The molecule has 0 saturated carbocycles. The molecule has 0 radical (unpaired) electrons. The van der Waals surface area contributed by atoms with E-state index >= 15 is 0 Å². The minimum absolute atomic E-state index is 0. The molecule has 138 valence electrons. The van der Waals surface area contributed by atoms with Gasteiger partial charge in [0.1, 0.15) is 5.82 Å². The van der Waals surface area contributed by atoms with E-state index in [-0.39, 0.29) is 12.4 Å². The van der Waals surface area contributed by atoms with Crippen LogP contribution in [0.4, 0.5) is 11.8 Å². The Kier molecular flexibility index (Phi) is 6.93. The summed E-state index contributed by atoms with van der Waals surface area (Å²) in [6.45, 7) is 5.13. The molecule has 6 nitrogen and oxygen atoms in total. The third-order valence-electron chi connectivity index (χ3n) is 4.40. The molecule has 2 aromatic rings. The molecule has 3 rings (SSSR count). The number of ether oxygens (including phenoxy) is 2. The predicted octanol–water partition coefficient (Wildman–Crippen LogP) is 3.88. The standard InChI is InChI=1S/C18H26N4O2.ClH/c1-4-5-8-19-17-13-11-15(23-2)16(24-3)12-14(13)20-18(21-17)22-9-6-7-10-22;/h11-12H,4-10H2,1-3H3,(H,19,20,21);1H. The zero-order valence-electron chi connectivity index (χ0n) is 15.2. The van der Waals surface area contributed by atoms with E-state index in [0.29, 0.717) is 11.5 Å². The maximum Gasteiger partial charge on any atom is 0.227 e. The summed E-state index contributed by atoms with van der Waals surface area (Å²) >= 11 is 0. The van der Waals surface area contributed by atoms with Crippen molar-refractivity contribution in [2.24, 2.45) is 0 Å². The van der Waals surface area contributed by atoms with Crippen LogP contribution in [0.1, 0.15) is 32.6 Å². The van der Waals surface area contributed by atoms with E-state index < -0.39 is 0 Å². The molecule has 1 aliphatic heterocycles. The van der Waals surface area contributed by atoms with Gasteiger partial charge in [0, 0.05) is 31.1 Å². The van der Waals surface area contributed by atoms with Gasteiger partial charge in [-0.05, 0) is 25.3 Å². The largest absolute Gasteiger partial charge is 0.493 e. The average molecular weight is 367 g/mol. The van der Waals surface area contributed by atoms with Gasteiger partial charge in [-0.15, -0.1) is 12.4 Å². The molecule has 0 unspecified atom stereocenters. The number of rotatable bonds is 7. The Morgan fingerprint density at radius 2 is 1.76 bits per heavy atom. The lowest BCUT2D eigenvalue weighted by atomic mass is 10.2. The predicted molar refractivity (Wildman–Crippen MR) is 105 cm³/mol. The van der Waals surface area contributed by atoms with Crippen molar-refractivity contribution in [3.05, 3.63) is 12.1 Å². The van der Waals surface area contributed by atoms with E-state index in [9.17, 15) is 0 Å². The third kappa shape index (κ3) is 4.18. The number of hydrogen-bond donors (Lipinski definition) is 1. The number of nitrogens with zero attached hydrogens (tertiary/aromatic N) is 3. The van der Waals surface area contributed by atoms with E-state index in [4.69, 9.17) is 19.4 Å². The van der Waals surface area contributed by atoms with Gasteiger partial charge < -0.3 is 19.7 Å². The van der Waals surface area contributed by atoms with E-state index in [2.05, 4.69) is 17.1 Å². The van der Waals surface area contributed by atoms with E-state index in [1.165, 1.54) is 12.8 Å². The van der Waals surface area contributed by atoms with Gasteiger partial charge in [0.05, 0.1) is 19.7 Å². The molecular weight excluding hydrogens is 340 g/mol. The molecule has 1 N–H and O–H groups in total. The van der Waals surface area contributed by atoms with Crippen molar-refractivity contribution >= 4 is 35.1 Å². The van der Waals surface area contributed by atoms with Crippen molar-refractivity contribution < 1.29 is 9.47 Å². The summed E-state index contributed by atoms with van der Waals surface area (Å²) in [7, 11) is 3.29. The van der Waals surface area contributed by atoms with Crippen molar-refractivity contribution in [3.8, 4) is 11.5 Å². The molecule has 0 amide bonds. The van der Waals surface area contributed by atoms with E-state index in [1.54, 1.807) is 14.2 Å². The number of fused-ring (bicyclic) bond motifs is 1. The van der Waals surface area contributed by atoms with Crippen molar-refractivity contribution in [1.82, 2.24) is 9.97 Å². The second-order valence-electron chi connectivity index (χ2n) is 6.07. The Bertz CT molecular complexity index is 705. The van der Waals surface area contributed by atoms with Crippen LogP contribution < -0.4 is 19.7 Å². The molecule has 0 spiro atoms. The third-order valence-corrected chi connectivity index (χ3v) is 4.40. The van der Waals surface area contributed by atoms with Crippen molar-refractivity contribution in [2.75, 3.05) is 44.1 Å². The van der Waals surface area contributed by atoms with Crippen LogP contribution in [-0.4, -0.2) is 43.8 Å². The maximum absolute atomic E-state index is 5.44. The number of hydrogen-bond acceptors (Lipinski definition) is 6. The highest BCUT2D eigenvalue weighted by atomic mass is 35.5. The fourth-order valence-electron chi connectivity index (χ4n) is 3.02. The highest BCUT2D eigenvalue weighted by Crippen LogP contribution is 2.35. The Morgan fingerprint density at radius 1 is 1.08 bits per heavy atom. The number of nitrogens with one attached hydrogen (secondary N) is 1. The summed E-state index contributed by atoms with van der Waals surface area (Å²) in [5, 5.41) is 4.43. The smallest absolute Gasteiger partial charge is 0.227 e. The first kappa shape index (κ1) is 19.4. The van der Waals surface area contributed by atoms with Gasteiger partial charge in [-0.1, -0.05) is 13.3 Å². The van der Waals surface area contributed by atoms with Crippen molar-refractivity contribution in [2.45, 2.75) is 32.6 Å². The highest BCUT2D eigenvalue weighted by molar-refractivity contribution is 5.92. The van der Waals surface area contributed by atoms with Crippen LogP contribution in [0.2, 0.25) is 0 Å². The SMILES string of the molecule is CCCCNc1nc(N2CCCC2)nc2cc(OC)c(OC)cc12.Cl. The quantitative estimate of drug-likeness (QED) is 0.750. The van der Waals surface area contributed by atoms with Crippen molar-refractivity contribution in [1.29, 1.82) is 0 Å². The van der Waals surface area contributed by atoms with Gasteiger partial charge >= 0.3 is 0 Å². The molecule has 1 aromatic heterocycles. The molecule has 0 atom stereocenters. The molecule has 7 heteroatoms. The summed E-state index contributed by atoms with van der Waals surface area (Å²) < 4.78 is 10.9. The van der Waals surface area contributed by atoms with E-state index in [0.717, 1.165) is 55.1 Å². The number of benzene rings is 1. The van der Waals surface area contributed by atoms with Gasteiger partial charge in [-0.2, -0.15) is 4.98 Å². The van der Waals surface area contributed by atoms with Gasteiger partial charge in [0.2, 0.25) is 5.95 Å². The summed E-state index contributed by atoms with van der Waals surface area (Å²) in [5.41, 5.74) is 0.878. The Hall–Kier alpha value is -1.95. The van der Waals surface area contributed by atoms with E-state index in [1.807, 2.05) is 12.1 Å². The molecule has 0 aliphatic carbocycles. The Balaban J connectivity index is 0.00000225. The lowest BCUT2D eigenvalue weighted by molar-refractivity contribution is 0.356. The summed E-state index contributed by atoms with van der Waals surface area (Å²) in [6.07, 6.45) is 4.65. The summed E-state index contributed by atoms with van der Waals surface area (Å²) in [5.74, 6) is 3.05. The van der Waals surface area contributed by atoms with Gasteiger partial charge in [0.25, 0.3) is 0 Å². The normalized spacial score (nSPS) is 13.6. The maximum atomic E-state index is 5.44. The Morgan fingerprint density at radius 3 is 2.40 bits per heavy atom. The minimum atomic E-state index is 0. The lowest BCUT2D eigenvalue weighted by Crippen LogP contribution is -2.21. The first-order valence-corrected chi connectivity index (χ1v) is 8.69. The van der Waals surface area contributed by atoms with Crippen LogP contribution in [0.25, 0.3) is 10.9 Å². The number of aromatic nitrogens is 2. The molecule has 0 bridgehead atoms. The van der Waals surface area contributed by atoms with Gasteiger partial charge in [-0.3, -0.25) is 0 Å². The summed E-state index contributed by atoms with van der Waals surface area (Å²) in [4.78, 5) is 11.8. The average Bonchev–Trinajstić information content (AvgIpc) is 3.15. The first-order valence-electron chi connectivity index (χ1n) is 8.69. The second-order valence-corrected chi connectivity index (χ2v) is 6.07. The highest BCUT2D eigenvalue weighted by Gasteiger charge is 2.19. The molecule has 1 aliphatic rings. The molecule has 2 heterocycles. The van der Waals surface area contributed by atoms with Crippen LogP contribution in [-0.2, 0) is 0 Å². The first-order chi connectivity index (χ1) is 11.8. The fraction of sp³-hybridized carbons (Fsp3) is 0.556. The molecule has 25 heavy (non-hydrogen) atoms. The summed E-state index contributed by atoms with van der Waals surface area (Å²) in [6, 6.07) is 3.89. The van der Waals surface area contributed by atoms with Gasteiger partial charge in [-0.25, -0.2) is 4.98 Å². The van der Waals surface area contributed by atoms with Crippen LogP contribution in [0.5, 0.6) is 11.5 Å². The van der Waals surface area contributed by atoms with Gasteiger partial charge in [0.15, 0.2) is 11.5 Å². The van der Waals surface area contributed by atoms with Crippen molar-refractivity contribution in [3.63, 3.8) is 0 Å². The number of anilines is 2. The minimum Gasteiger partial charge on any atom is -0.493 e. The molecule has 1 aromatic carbocycles. The molecular formula is C18H27ClN4O2. The van der Waals surface area contributed by atoms with Crippen LogP contribution in [0, 0.1) is 0 Å². The molecule has 1 saturated heterocycles. The van der Waals surface area contributed by atoms with Crippen LogP contribution in [0.3, 0.4) is 0 Å². The number of halogens is 1. The van der Waals surface area contributed by atoms with Crippen LogP contribution >= 0.6 is 12.4 Å².